The fraction of sp³-hybridized carbons (Fsp3) is 0.500. The Balaban J connectivity index is 1.59. The fourth-order valence-electron chi connectivity index (χ4n) is 5.09. The van der Waals surface area contributed by atoms with E-state index < -0.39 is 0 Å². The Morgan fingerprint density at radius 3 is 2.34 bits per heavy atom. The van der Waals surface area contributed by atoms with E-state index in [4.69, 9.17) is 14.2 Å². The molecule has 1 fully saturated rings. The molecule has 2 atom stereocenters. The van der Waals surface area contributed by atoms with Gasteiger partial charge in [-0.15, -0.1) is 0 Å². The van der Waals surface area contributed by atoms with Crippen molar-refractivity contribution in [3.63, 3.8) is 0 Å². The van der Waals surface area contributed by atoms with Crippen molar-refractivity contribution in [1.29, 1.82) is 0 Å². The van der Waals surface area contributed by atoms with Crippen molar-refractivity contribution in [1.82, 2.24) is 9.80 Å². The van der Waals surface area contributed by atoms with E-state index in [-0.39, 0.29) is 30.8 Å². The molecular formula is C26H34N2O4. The predicted octanol–water partition coefficient (Wildman–Crippen LogP) is 4.60. The minimum atomic E-state index is 0.168. The lowest BCUT2D eigenvalue weighted by molar-refractivity contribution is -0.136. The third kappa shape index (κ3) is 4.56. The highest BCUT2D eigenvalue weighted by Gasteiger charge is 2.36. The van der Waals surface area contributed by atoms with E-state index in [1.807, 2.05) is 23.1 Å². The lowest BCUT2D eigenvalue weighted by atomic mass is 9.93. The van der Waals surface area contributed by atoms with Gasteiger partial charge in [-0.3, -0.25) is 9.69 Å². The van der Waals surface area contributed by atoms with Crippen LogP contribution in [0.1, 0.15) is 57.2 Å². The third-order valence-electron chi connectivity index (χ3n) is 6.51. The number of nitrogens with zero attached hydrogens (tertiary/aromatic N) is 2. The molecule has 4 rings (SSSR count). The molecule has 2 heterocycles. The van der Waals surface area contributed by atoms with Gasteiger partial charge in [0.2, 0.25) is 12.7 Å². The zero-order valence-corrected chi connectivity index (χ0v) is 19.7. The van der Waals surface area contributed by atoms with E-state index in [2.05, 4.69) is 56.9 Å². The average Bonchev–Trinajstić information content (AvgIpc) is 3.39. The van der Waals surface area contributed by atoms with Crippen LogP contribution in [-0.2, 0) is 4.79 Å². The zero-order valence-electron chi connectivity index (χ0n) is 19.7. The molecule has 1 saturated heterocycles. The number of likely N-dealkylation sites (tertiary alicyclic amines) is 1. The molecular weight excluding hydrogens is 404 g/mol. The van der Waals surface area contributed by atoms with Gasteiger partial charge in [0.1, 0.15) is 5.75 Å². The van der Waals surface area contributed by atoms with E-state index in [0.29, 0.717) is 12.5 Å². The largest absolute Gasteiger partial charge is 0.497 e. The number of methoxy groups -OCH3 is 1. The van der Waals surface area contributed by atoms with Crippen molar-refractivity contribution in [3.05, 3.63) is 53.6 Å². The molecule has 2 aromatic carbocycles. The molecule has 0 N–H and O–H groups in total. The van der Waals surface area contributed by atoms with Crippen LogP contribution in [0.3, 0.4) is 0 Å². The smallest absolute Gasteiger partial charge is 0.237 e. The predicted molar refractivity (Wildman–Crippen MR) is 124 cm³/mol. The van der Waals surface area contributed by atoms with Gasteiger partial charge < -0.3 is 19.1 Å². The van der Waals surface area contributed by atoms with Crippen molar-refractivity contribution in [3.8, 4) is 17.2 Å². The first-order chi connectivity index (χ1) is 15.4. The second kappa shape index (κ2) is 9.41. The molecule has 6 heteroatoms. The third-order valence-corrected chi connectivity index (χ3v) is 6.51. The molecule has 2 aliphatic rings. The number of carbonyl (C=O) groups is 1. The molecule has 2 aliphatic heterocycles. The first kappa shape index (κ1) is 22.5. The highest BCUT2D eigenvalue weighted by Crippen LogP contribution is 2.43. The number of amides is 1. The van der Waals surface area contributed by atoms with Crippen LogP contribution < -0.4 is 14.2 Å². The summed E-state index contributed by atoms with van der Waals surface area (Å²) in [5.41, 5.74) is 2.44. The van der Waals surface area contributed by atoms with E-state index in [9.17, 15) is 4.79 Å². The van der Waals surface area contributed by atoms with Crippen LogP contribution in [0.5, 0.6) is 17.2 Å². The van der Waals surface area contributed by atoms with E-state index in [1.165, 1.54) is 11.1 Å². The fourth-order valence-corrected chi connectivity index (χ4v) is 5.09. The Kier molecular flexibility index (Phi) is 6.60. The second-order valence-corrected chi connectivity index (χ2v) is 9.25. The molecule has 172 valence electrons. The average molecular weight is 439 g/mol. The Morgan fingerprint density at radius 2 is 1.69 bits per heavy atom. The van der Waals surface area contributed by atoms with Gasteiger partial charge in [-0.05, 0) is 75.4 Å². The number of fused-ring (bicyclic) bond motifs is 1. The highest BCUT2D eigenvalue weighted by atomic mass is 16.7. The molecule has 2 aromatic rings. The lowest BCUT2D eigenvalue weighted by Crippen LogP contribution is -2.47. The summed E-state index contributed by atoms with van der Waals surface area (Å²) in [5.74, 6) is 2.95. The van der Waals surface area contributed by atoms with Gasteiger partial charge >= 0.3 is 0 Å². The molecule has 0 unspecified atom stereocenters. The topological polar surface area (TPSA) is 51.2 Å². The normalized spacial score (nSPS) is 20.2. The minimum Gasteiger partial charge on any atom is -0.497 e. The van der Waals surface area contributed by atoms with E-state index in [0.717, 1.165) is 30.2 Å². The van der Waals surface area contributed by atoms with Gasteiger partial charge in [-0.25, -0.2) is 0 Å². The van der Waals surface area contributed by atoms with Gasteiger partial charge in [0.25, 0.3) is 0 Å². The van der Waals surface area contributed by atoms with Gasteiger partial charge in [-0.2, -0.15) is 0 Å². The van der Waals surface area contributed by atoms with Crippen LogP contribution in [-0.4, -0.2) is 54.8 Å². The van der Waals surface area contributed by atoms with Crippen molar-refractivity contribution >= 4 is 5.91 Å². The zero-order chi connectivity index (χ0) is 22.8. The quantitative estimate of drug-likeness (QED) is 0.632. The van der Waals surface area contributed by atoms with Gasteiger partial charge in [0.05, 0.1) is 13.7 Å². The minimum absolute atomic E-state index is 0.168. The molecule has 0 spiro atoms. The van der Waals surface area contributed by atoms with Crippen molar-refractivity contribution in [2.24, 2.45) is 0 Å². The van der Waals surface area contributed by atoms with E-state index >= 15 is 0 Å². The van der Waals surface area contributed by atoms with Crippen LogP contribution in [0.25, 0.3) is 0 Å². The number of rotatable bonds is 7. The van der Waals surface area contributed by atoms with Gasteiger partial charge in [0.15, 0.2) is 11.5 Å². The van der Waals surface area contributed by atoms with Crippen molar-refractivity contribution < 1.29 is 19.0 Å². The second-order valence-electron chi connectivity index (χ2n) is 9.25. The molecule has 0 radical (unpaired) electrons. The van der Waals surface area contributed by atoms with Gasteiger partial charge in [-0.1, -0.05) is 18.2 Å². The molecule has 6 nitrogen and oxygen atoms in total. The van der Waals surface area contributed by atoms with Crippen molar-refractivity contribution in [2.75, 3.05) is 27.0 Å². The Hall–Kier alpha value is -2.73. The molecule has 0 saturated carbocycles. The Morgan fingerprint density at radius 1 is 1.03 bits per heavy atom. The molecule has 0 bridgehead atoms. The molecule has 32 heavy (non-hydrogen) atoms. The summed E-state index contributed by atoms with van der Waals surface area (Å²) in [6.07, 6.45) is 0.947. The summed E-state index contributed by atoms with van der Waals surface area (Å²) in [6, 6.07) is 15.0. The number of benzene rings is 2. The SMILES string of the molecule is COc1ccc([C@H]2C[C@H](c3ccc4c(c3)OCO4)CN2CC(=O)N(C(C)C)C(C)C)cc1. The van der Waals surface area contributed by atoms with Crippen LogP contribution in [0.15, 0.2) is 42.5 Å². The standard InChI is InChI=1S/C26H34N2O4/c1-17(2)28(18(3)4)26(29)15-27-14-21(20-8-11-24-25(13-20)32-16-31-24)12-23(27)19-6-9-22(30-5)10-7-19/h6-11,13,17-18,21,23H,12,14-16H2,1-5H3/t21-,23+/m0/s1. The molecule has 0 aromatic heterocycles. The summed E-state index contributed by atoms with van der Waals surface area (Å²) in [4.78, 5) is 17.6. The van der Waals surface area contributed by atoms with Crippen LogP contribution in [0.4, 0.5) is 0 Å². The maximum atomic E-state index is 13.3. The number of ether oxygens (including phenoxy) is 3. The maximum absolute atomic E-state index is 13.3. The number of hydrogen-bond donors (Lipinski definition) is 0. The maximum Gasteiger partial charge on any atom is 0.237 e. The summed E-state index contributed by atoms with van der Waals surface area (Å²) in [5, 5.41) is 0. The summed E-state index contributed by atoms with van der Waals surface area (Å²) in [6.45, 7) is 9.84. The first-order valence-electron chi connectivity index (χ1n) is 11.5. The van der Waals surface area contributed by atoms with E-state index in [1.54, 1.807) is 7.11 Å². The summed E-state index contributed by atoms with van der Waals surface area (Å²) < 4.78 is 16.4. The highest BCUT2D eigenvalue weighted by molar-refractivity contribution is 5.79. The van der Waals surface area contributed by atoms with Gasteiger partial charge in [0, 0.05) is 24.7 Å². The number of hydrogen-bond acceptors (Lipinski definition) is 5. The Bertz CT molecular complexity index is 933. The Labute approximate surface area is 191 Å². The summed E-state index contributed by atoms with van der Waals surface area (Å²) in [7, 11) is 1.68. The molecule has 1 amide bonds. The number of carbonyl (C=O) groups excluding carboxylic acids is 1. The van der Waals surface area contributed by atoms with Crippen molar-refractivity contribution in [2.45, 2.75) is 58.2 Å². The molecule has 0 aliphatic carbocycles. The summed E-state index contributed by atoms with van der Waals surface area (Å²) >= 11 is 0. The first-order valence-corrected chi connectivity index (χ1v) is 11.5. The monoisotopic (exact) mass is 438 g/mol. The van der Waals surface area contributed by atoms with Crippen LogP contribution >= 0.6 is 0 Å². The van der Waals surface area contributed by atoms with Crippen LogP contribution in [0.2, 0.25) is 0 Å². The lowest BCUT2D eigenvalue weighted by Gasteiger charge is -2.34. The van der Waals surface area contributed by atoms with Crippen LogP contribution in [0, 0.1) is 0 Å².